The summed E-state index contributed by atoms with van der Waals surface area (Å²) in [6.07, 6.45) is 3.82. The predicted octanol–water partition coefficient (Wildman–Crippen LogP) is 2.89. The van der Waals surface area contributed by atoms with Crippen LogP contribution in [0.4, 0.5) is 0 Å². The van der Waals surface area contributed by atoms with Crippen molar-refractivity contribution < 1.29 is 4.79 Å². The SMILES string of the molecule is Cl.O=C(N1CCC(c2nnc3n2CCNC3)CC1)C1(c2ccc(Cl)cc2)CC1. The van der Waals surface area contributed by atoms with Crippen molar-refractivity contribution in [3.05, 3.63) is 46.5 Å². The Morgan fingerprint density at radius 2 is 1.82 bits per heavy atom. The summed E-state index contributed by atoms with van der Waals surface area (Å²) in [4.78, 5) is 15.3. The van der Waals surface area contributed by atoms with Gasteiger partial charge in [0.25, 0.3) is 0 Å². The first-order valence-corrected chi connectivity index (χ1v) is 10.2. The van der Waals surface area contributed by atoms with Crippen LogP contribution in [0.3, 0.4) is 0 Å². The van der Waals surface area contributed by atoms with Crippen molar-refractivity contribution in [1.29, 1.82) is 0 Å². The topological polar surface area (TPSA) is 63.1 Å². The van der Waals surface area contributed by atoms with Gasteiger partial charge in [0.15, 0.2) is 0 Å². The summed E-state index contributed by atoms with van der Waals surface area (Å²) in [5, 5.41) is 12.9. The number of carbonyl (C=O) groups is 1. The minimum atomic E-state index is -0.308. The molecule has 8 heteroatoms. The first-order valence-electron chi connectivity index (χ1n) is 9.85. The molecule has 1 saturated heterocycles. The van der Waals surface area contributed by atoms with Crippen LogP contribution in [0, 0.1) is 0 Å². The van der Waals surface area contributed by atoms with Gasteiger partial charge in [-0.05, 0) is 43.4 Å². The van der Waals surface area contributed by atoms with Gasteiger partial charge in [-0.25, -0.2) is 0 Å². The number of hydrogen-bond donors (Lipinski definition) is 1. The van der Waals surface area contributed by atoms with Gasteiger partial charge < -0.3 is 14.8 Å². The van der Waals surface area contributed by atoms with E-state index in [9.17, 15) is 4.79 Å². The molecule has 1 amide bonds. The van der Waals surface area contributed by atoms with E-state index >= 15 is 0 Å². The molecule has 28 heavy (non-hydrogen) atoms. The Labute approximate surface area is 176 Å². The lowest BCUT2D eigenvalue weighted by Gasteiger charge is -2.34. The molecule has 2 fully saturated rings. The van der Waals surface area contributed by atoms with E-state index in [1.165, 1.54) is 0 Å². The number of piperidine rings is 1. The second kappa shape index (κ2) is 7.65. The van der Waals surface area contributed by atoms with Crippen molar-refractivity contribution in [1.82, 2.24) is 25.0 Å². The highest BCUT2D eigenvalue weighted by molar-refractivity contribution is 6.30. The first kappa shape index (κ1) is 19.7. The standard InChI is InChI=1S/C20H24ClN5O.ClH/c21-16-3-1-15(2-4-16)20(7-8-20)19(27)25-10-5-14(6-11-25)18-24-23-17-13-22-9-12-26(17)18;/h1-4,14,22H,5-13H2;1H. The zero-order chi connectivity index (χ0) is 18.4. The summed E-state index contributed by atoms with van der Waals surface area (Å²) >= 11 is 6.01. The molecule has 0 bridgehead atoms. The maximum Gasteiger partial charge on any atom is 0.233 e. The molecule has 1 aromatic carbocycles. The highest BCUT2D eigenvalue weighted by Crippen LogP contribution is 2.50. The third kappa shape index (κ3) is 3.31. The van der Waals surface area contributed by atoms with Crippen LogP contribution in [0.15, 0.2) is 24.3 Å². The van der Waals surface area contributed by atoms with E-state index in [1.54, 1.807) is 0 Å². The molecule has 1 aliphatic carbocycles. The van der Waals surface area contributed by atoms with Crippen LogP contribution in [0.5, 0.6) is 0 Å². The van der Waals surface area contributed by atoms with Crippen LogP contribution < -0.4 is 5.32 Å². The maximum atomic E-state index is 13.2. The van der Waals surface area contributed by atoms with E-state index < -0.39 is 0 Å². The Morgan fingerprint density at radius 1 is 1.11 bits per heavy atom. The summed E-state index contributed by atoms with van der Waals surface area (Å²) in [5.74, 6) is 2.83. The summed E-state index contributed by atoms with van der Waals surface area (Å²) in [6.45, 7) is 4.32. The van der Waals surface area contributed by atoms with Crippen molar-refractivity contribution in [2.45, 2.75) is 50.1 Å². The molecule has 0 unspecified atom stereocenters. The number of benzene rings is 1. The monoisotopic (exact) mass is 421 g/mol. The number of nitrogens with one attached hydrogen (secondary N) is 1. The lowest BCUT2D eigenvalue weighted by Crippen LogP contribution is -2.44. The van der Waals surface area contributed by atoms with Gasteiger partial charge in [-0.3, -0.25) is 4.79 Å². The van der Waals surface area contributed by atoms with Crippen molar-refractivity contribution >= 4 is 29.9 Å². The third-order valence-corrected chi connectivity index (χ3v) is 6.61. The maximum absolute atomic E-state index is 13.2. The van der Waals surface area contributed by atoms with Crippen LogP contribution in [-0.4, -0.2) is 45.2 Å². The average molecular weight is 422 g/mol. The second-order valence-corrected chi connectivity index (χ2v) is 8.39. The zero-order valence-electron chi connectivity index (χ0n) is 15.7. The lowest BCUT2D eigenvalue weighted by atomic mass is 9.91. The molecule has 1 aromatic heterocycles. The Kier molecular flexibility index (Phi) is 5.38. The van der Waals surface area contributed by atoms with Crippen molar-refractivity contribution in [3.63, 3.8) is 0 Å². The van der Waals surface area contributed by atoms with Gasteiger partial charge in [0.05, 0.1) is 12.0 Å². The van der Waals surface area contributed by atoms with Gasteiger partial charge in [0, 0.05) is 37.1 Å². The Balaban J connectivity index is 0.00000192. The summed E-state index contributed by atoms with van der Waals surface area (Å²) < 4.78 is 2.27. The molecule has 3 aliphatic rings. The fourth-order valence-electron chi connectivity index (χ4n) is 4.58. The average Bonchev–Trinajstić information content (AvgIpc) is 3.41. The fraction of sp³-hybridized carbons (Fsp3) is 0.550. The largest absolute Gasteiger partial charge is 0.342 e. The van der Waals surface area contributed by atoms with E-state index in [1.807, 2.05) is 24.3 Å². The number of nitrogens with zero attached hydrogens (tertiary/aromatic N) is 4. The summed E-state index contributed by atoms with van der Waals surface area (Å²) in [7, 11) is 0. The smallest absolute Gasteiger partial charge is 0.233 e. The van der Waals surface area contributed by atoms with Crippen molar-refractivity contribution in [3.8, 4) is 0 Å². The summed E-state index contributed by atoms with van der Waals surface area (Å²) in [5.41, 5.74) is 0.801. The van der Waals surface area contributed by atoms with Crippen LogP contribution in [0.1, 0.15) is 48.8 Å². The van der Waals surface area contributed by atoms with Crippen molar-refractivity contribution in [2.75, 3.05) is 19.6 Å². The van der Waals surface area contributed by atoms with E-state index in [0.717, 1.165) is 80.6 Å². The number of amides is 1. The molecule has 0 radical (unpaired) electrons. The number of rotatable bonds is 3. The van der Waals surface area contributed by atoms with E-state index in [-0.39, 0.29) is 23.7 Å². The molecule has 1 N–H and O–H groups in total. The fourth-order valence-corrected chi connectivity index (χ4v) is 4.71. The molecular formula is C20H25Cl2N5O. The zero-order valence-corrected chi connectivity index (χ0v) is 17.3. The molecule has 1 saturated carbocycles. The van der Waals surface area contributed by atoms with E-state index in [0.29, 0.717) is 5.92 Å². The van der Waals surface area contributed by atoms with Gasteiger partial charge in [-0.1, -0.05) is 23.7 Å². The van der Waals surface area contributed by atoms with Gasteiger partial charge in [-0.15, -0.1) is 22.6 Å². The van der Waals surface area contributed by atoms with Crippen molar-refractivity contribution in [2.24, 2.45) is 0 Å². The second-order valence-electron chi connectivity index (χ2n) is 7.96. The van der Waals surface area contributed by atoms with E-state index in [4.69, 9.17) is 11.6 Å². The lowest BCUT2D eigenvalue weighted by molar-refractivity contribution is -0.135. The molecule has 5 rings (SSSR count). The predicted molar refractivity (Wildman–Crippen MR) is 110 cm³/mol. The van der Waals surface area contributed by atoms with Gasteiger partial charge >= 0.3 is 0 Å². The molecule has 150 valence electrons. The number of carbonyl (C=O) groups excluding carboxylic acids is 1. The van der Waals surface area contributed by atoms with Crippen LogP contribution in [-0.2, 0) is 23.3 Å². The van der Waals surface area contributed by atoms with Crippen LogP contribution in [0.25, 0.3) is 0 Å². The first-order chi connectivity index (χ1) is 13.2. The highest BCUT2D eigenvalue weighted by atomic mass is 35.5. The highest BCUT2D eigenvalue weighted by Gasteiger charge is 2.53. The molecule has 0 atom stereocenters. The van der Waals surface area contributed by atoms with Gasteiger partial charge in [0.1, 0.15) is 11.6 Å². The summed E-state index contributed by atoms with van der Waals surface area (Å²) in [6, 6.07) is 7.80. The Bertz CT molecular complexity index is 854. The Morgan fingerprint density at radius 3 is 2.50 bits per heavy atom. The molecule has 6 nitrogen and oxygen atoms in total. The number of likely N-dealkylation sites (tertiary alicyclic amines) is 1. The molecule has 2 aliphatic heterocycles. The Hall–Kier alpha value is -1.63. The quantitative estimate of drug-likeness (QED) is 0.827. The normalized spacial score (nSPS) is 21.0. The van der Waals surface area contributed by atoms with Gasteiger partial charge in [0.2, 0.25) is 5.91 Å². The van der Waals surface area contributed by atoms with Crippen LogP contribution >= 0.6 is 24.0 Å². The third-order valence-electron chi connectivity index (χ3n) is 6.35. The number of hydrogen-bond acceptors (Lipinski definition) is 4. The minimum absolute atomic E-state index is 0. The molecule has 0 spiro atoms. The van der Waals surface area contributed by atoms with Gasteiger partial charge in [-0.2, -0.15) is 0 Å². The van der Waals surface area contributed by atoms with E-state index in [2.05, 4.69) is 25.0 Å². The molecule has 2 aromatic rings. The molecule has 3 heterocycles. The minimum Gasteiger partial charge on any atom is -0.342 e. The molecular weight excluding hydrogens is 397 g/mol. The van der Waals surface area contributed by atoms with Crippen LogP contribution in [0.2, 0.25) is 5.02 Å². The number of aromatic nitrogens is 3. The number of fused-ring (bicyclic) bond motifs is 1. The number of halogens is 2.